The number of aryl methyl sites for hydroxylation is 1. The van der Waals surface area contributed by atoms with Crippen molar-refractivity contribution in [2.75, 3.05) is 22.4 Å². The van der Waals surface area contributed by atoms with Crippen LogP contribution in [-0.4, -0.2) is 32.1 Å². The molecule has 1 aliphatic heterocycles. The first-order valence-electron chi connectivity index (χ1n) is 9.22. The summed E-state index contributed by atoms with van der Waals surface area (Å²) in [6.07, 6.45) is 2.13. The molecule has 4 rings (SSSR count). The minimum absolute atomic E-state index is 0.0991. The Hall–Kier alpha value is -2.71. The van der Waals surface area contributed by atoms with Gasteiger partial charge in [0.05, 0.1) is 24.1 Å². The Morgan fingerprint density at radius 2 is 2.03 bits per heavy atom. The van der Waals surface area contributed by atoms with Gasteiger partial charge in [-0.1, -0.05) is 24.3 Å². The van der Waals surface area contributed by atoms with E-state index in [1.165, 1.54) is 21.9 Å². The van der Waals surface area contributed by atoms with E-state index in [-0.39, 0.29) is 12.3 Å². The first kappa shape index (κ1) is 19.6. The van der Waals surface area contributed by atoms with E-state index in [2.05, 4.69) is 10.3 Å². The number of hydrogen-bond donors (Lipinski definition) is 1. The number of hydrogen-bond acceptors (Lipinski definition) is 5. The smallest absolute Gasteiger partial charge is 0.232 e. The summed E-state index contributed by atoms with van der Waals surface area (Å²) in [7, 11) is -3.26. The maximum absolute atomic E-state index is 12.4. The summed E-state index contributed by atoms with van der Waals surface area (Å²) in [4.78, 5) is 17.0. The van der Waals surface area contributed by atoms with Crippen LogP contribution in [0.25, 0.3) is 11.3 Å². The number of aromatic nitrogens is 1. The average molecular weight is 428 g/mol. The van der Waals surface area contributed by atoms with E-state index in [1.807, 2.05) is 54.8 Å². The molecule has 0 fully saturated rings. The van der Waals surface area contributed by atoms with Crippen LogP contribution in [0.2, 0.25) is 0 Å². The van der Waals surface area contributed by atoms with Crippen molar-refractivity contribution in [2.24, 2.45) is 0 Å². The minimum atomic E-state index is -3.26. The van der Waals surface area contributed by atoms with Gasteiger partial charge in [0.1, 0.15) is 5.01 Å². The van der Waals surface area contributed by atoms with Crippen molar-refractivity contribution in [3.8, 4) is 11.3 Å². The second-order valence-corrected chi connectivity index (χ2v) is 9.94. The lowest BCUT2D eigenvalue weighted by atomic mass is 10.1. The van der Waals surface area contributed by atoms with Crippen LogP contribution in [0.4, 0.5) is 11.4 Å². The Kier molecular flexibility index (Phi) is 5.14. The molecule has 1 N–H and O–H groups in total. The van der Waals surface area contributed by atoms with Crippen LogP contribution in [0.1, 0.15) is 16.1 Å². The summed E-state index contributed by atoms with van der Waals surface area (Å²) < 4.78 is 25.2. The van der Waals surface area contributed by atoms with Crippen LogP contribution < -0.4 is 9.62 Å². The molecule has 0 radical (unpaired) electrons. The van der Waals surface area contributed by atoms with Gasteiger partial charge in [0.15, 0.2) is 0 Å². The number of amides is 1. The van der Waals surface area contributed by atoms with Crippen molar-refractivity contribution in [3.05, 3.63) is 64.0 Å². The van der Waals surface area contributed by atoms with E-state index in [0.717, 1.165) is 38.8 Å². The molecule has 2 aromatic carbocycles. The summed E-state index contributed by atoms with van der Waals surface area (Å²) in [5, 5.41) is 5.60. The van der Waals surface area contributed by atoms with Crippen LogP contribution >= 0.6 is 11.3 Å². The monoisotopic (exact) mass is 427 g/mol. The molecular formula is C21H21N3O3S2. The summed E-state index contributed by atoms with van der Waals surface area (Å²) in [6.45, 7) is 2.43. The topological polar surface area (TPSA) is 79.4 Å². The number of rotatable bonds is 5. The van der Waals surface area contributed by atoms with Gasteiger partial charge in [-0.3, -0.25) is 9.10 Å². The van der Waals surface area contributed by atoms with E-state index >= 15 is 0 Å². The fourth-order valence-electron chi connectivity index (χ4n) is 3.44. The number of para-hydroxylation sites is 1. The van der Waals surface area contributed by atoms with E-state index in [4.69, 9.17) is 0 Å². The summed E-state index contributed by atoms with van der Waals surface area (Å²) in [5.41, 5.74) is 5.30. The van der Waals surface area contributed by atoms with Crippen molar-refractivity contribution < 1.29 is 13.2 Å². The zero-order valence-corrected chi connectivity index (χ0v) is 17.8. The molecule has 29 heavy (non-hydrogen) atoms. The normalized spacial score (nSPS) is 13.4. The molecule has 0 saturated heterocycles. The van der Waals surface area contributed by atoms with Gasteiger partial charge in [0.2, 0.25) is 15.9 Å². The highest BCUT2D eigenvalue weighted by atomic mass is 32.2. The predicted octanol–water partition coefficient (Wildman–Crippen LogP) is 3.62. The average Bonchev–Trinajstić information content (AvgIpc) is 3.29. The molecule has 150 valence electrons. The Bertz CT molecular complexity index is 1190. The predicted molar refractivity (Wildman–Crippen MR) is 117 cm³/mol. The minimum Gasteiger partial charge on any atom is -0.325 e. The number of sulfonamides is 1. The quantitative estimate of drug-likeness (QED) is 0.674. The van der Waals surface area contributed by atoms with E-state index < -0.39 is 10.0 Å². The summed E-state index contributed by atoms with van der Waals surface area (Å²) in [6, 6.07) is 13.4. The maximum Gasteiger partial charge on any atom is 0.232 e. The van der Waals surface area contributed by atoms with Crippen LogP contribution in [-0.2, 0) is 27.7 Å². The van der Waals surface area contributed by atoms with Crippen molar-refractivity contribution in [1.29, 1.82) is 0 Å². The molecule has 0 spiro atoms. The first-order chi connectivity index (χ1) is 13.8. The molecule has 3 aromatic rings. The maximum atomic E-state index is 12.4. The second-order valence-electron chi connectivity index (χ2n) is 7.09. The fraction of sp³-hybridized carbons (Fsp3) is 0.238. The van der Waals surface area contributed by atoms with Gasteiger partial charge in [-0.2, -0.15) is 0 Å². The van der Waals surface area contributed by atoms with Gasteiger partial charge in [0, 0.05) is 23.2 Å². The zero-order chi connectivity index (χ0) is 20.6. The Labute approximate surface area is 174 Å². The molecule has 0 saturated carbocycles. The number of carbonyl (C=O) groups is 1. The number of nitrogens with zero attached hydrogens (tertiary/aromatic N) is 2. The largest absolute Gasteiger partial charge is 0.325 e. The molecule has 0 atom stereocenters. The molecule has 2 heterocycles. The number of carbonyl (C=O) groups excluding carboxylic acids is 1. The Balaban J connectivity index is 1.48. The molecule has 0 bridgehead atoms. The van der Waals surface area contributed by atoms with Gasteiger partial charge in [-0.25, -0.2) is 13.4 Å². The SMILES string of the molecule is Cc1ccccc1NC(=O)Cc1nc(-c2ccc3c(c2)CCN3S(C)(=O)=O)cs1. The van der Waals surface area contributed by atoms with E-state index in [1.54, 1.807) is 0 Å². The van der Waals surface area contributed by atoms with Crippen LogP contribution in [0.3, 0.4) is 0 Å². The first-order valence-corrected chi connectivity index (χ1v) is 11.9. The van der Waals surface area contributed by atoms with Crippen molar-refractivity contribution >= 4 is 38.6 Å². The van der Waals surface area contributed by atoms with Gasteiger partial charge in [-0.05, 0) is 42.7 Å². The number of benzene rings is 2. The van der Waals surface area contributed by atoms with Crippen molar-refractivity contribution in [1.82, 2.24) is 4.98 Å². The number of anilines is 2. The highest BCUT2D eigenvalue weighted by Crippen LogP contribution is 2.34. The third-order valence-electron chi connectivity index (χ3n) is 4.91. The van der Waals surface area contributed by atoms with Gasteiger partial charge in [0.25, 0.3) is 0 Å². The molecule has 1 amide bonds. The third-order valence-corrected chi connectivity index (χ3v) is 6.94. The number of thiazole rings is 1. The molecule has 0 aliphatic carbocycles. The van der Waals surface area contributed by atoms with E-state index in [0.29, 0.717) is 13.0 Å². The lowest BCUT2D eigenvalue weighted by Crippen LogP contribution is -2.27. The highest BCUT2D eigenvalue weighted by molar-refractivity contribution is 7.92. The lowest BCUT2D eigenvalue weighted by Gasteiger charge is -2.16. The standard InChI is InChI=1S/C21H21N3O3S2/c1-14-5-3-4-6-17(14)22-20(25)12-21-23-18(13-28-21)15-7-8-19-16(11-15)9-10-24(19)29(2,26)27/h3-8,11,13H,9-10,12H2,1-2H3,(H,22,25). The Morgan fingerprint density at radius 3 is 2.79 bits per heavy atom. The van der Waals surface area contributed by atoms with Crippen LogP contribution in [0.5, 0.6) is 0 Å². The van der Waals surface area contributed by atoms with Gasteiger partial charge in [-0.15, -0.1) is 11.3 Å². The van der Waals surface area contributed by atoms with Crippen LogP contribution in [0, 0.1) is 6.92 Å². The Morgan fingerprint density at radius 1 is 1.24 bits per heavy atom. The molecule has 1 aliphatic rings. The molecular weight excluding hydrogens is 406 g/mol. The molecule has 6 nitrogen and oxygen atoms in total. The zero-order valence-electron chi connectivity index (χ0n) is 16.2. The second kappa shape index (κ2) is 7.61. The van der Waals surface area contributed by atoms with E-state index in [9.17, 15) is 13.2 Å². The summed E-state index contributed by atoms with van der Waals surface area (Å²) in [5.74, 6) is -0.0991. The molecule has 0 unspecified atom stereocenters. The van der Waals surface area contributed by atoms with Gasteiger partial charge >= 0.3 is 0 Å². The van der Waals surface area contributed by atoms with Crippen LogP contribution in [0.15, 0.2) is 47.8 Å². The number of nitrogens with one attached hydrogen (secondary N) is 1. The third kappa shape index (κ3) is 4.18. The number of fused-ring (bicyclic) bond motifs is 1. The van der Waals surface area contributed by atoms with Crippen molar-refractivity contribution in [3.63, 3.8) is 0 Å². The summed E-state index contributed by atoms with van der Waals surface area (Å²) >= 11 is 1.45. The highest BCUT2D eigenvalue weighted by Gasteiger charge is 2.26. The fourth-order valence-corrected chi connectivity index (χ4v) is 5.21. The van der Waals surface area contributed by atoms with Gasteiger partial charge < -0.3 is 5.32 Å². The molecule has 8 heteroatoms. The lowest BCUT2D eigenvalue weighted by molar-refractivity contribution is -0.115. The molecule has 1 aromatic heterocycles. The van der Waals surface area contributed by atoms with Crippen molar-refractivity contribution in [2.45, 2.75) is 19.8 Å².